The van der Waals surface area contributed by atoms with Crippen LogP contribution in [0, 0.1) is 0 Å². The second-order valence-corrected chi connectivity index (χ2v) is 6.97. The molecule has 0 bridgehead atoms. The monoisotopic (exact) mass is 376 g/mol. The number of carbonyl (C=O) groups excluding carboxylic acids is 1. The Morgan fingerprint density at radius 1 is 1.26 bits per heavy atom. The van der Waals surface area contributed by atoms with Crippen molar-refractivity contribution in [1.82, 2.24) is 9.80 Å². The molecule has 0 radical (unpaired) electrons. The Bertz CT molecular complexity index is 632. The highest BCUT2D eigenvalue weighted by Crippen LogP contribution is 2.22. The summed E-state index contributed by atoms with van der Waals surface area (Å²) in [6.07, 6.45) is 3.66. The second kappa shape index (κ2) is 7.32. The van der Waals surface area contributed by atoms with Gasteiger partial charge < -0.3 is 14.2 Å². The van der Waals surface area contributed by atoms with Gasteiger partial charge in [0.2, 0.25) is 0 Å². The first-order chi connectivity index (χ1) is 11.1. The maximum Gasteiger partial charge on any atom is 0.254 e. The number of piperidine rings is 1. The van der Waals surface area contributed by atoms with E-state index in [1.165, 1.54) is 0 Å². The van der Waals surface area contributed by atoms with Gasteiger partial charge in [0.1, 0.15) is 5.76 Å². The highest BCUT2D eigenvalue weighted by molar-refractivity contribution is 9.10. The van der Waals surface area contributed by atoms with E-state index in [2.05, 4.69) is 27.9 Å². The van der Waals surface area contributed by atoms with E-state index in [1.807, 2.05) is 41.3 Å². The molecule has 23 heavy (non-hydrogen) atoms. The molecule has 0 unspecified atom stereocenters. The Kier molecular flexibility index (Phi) is 5.18. The van der Waals surface area contributed by atoms with Crippen LogP contribution in [0.3, 0.4) is 0 Å². The first kappa shape index (κ1) is 16.3. The third-order valence-corrected chi connectivity index (χ3v) is 4.92. The Balaban J connectivity index is 1.81. The minimum Gasteiger partial charge on any atom is -0.467 e. The molecule has 1 fully saturated rings. The van der Waals surface area contributed by atoms with Crippen molar-refractivity contribution < 1.29 is 9.21 Å². The minimum absolute atomic E-state index is 0.0726. The number of likely N-dealkylation sites (tertiary alicyclic amines) is 1. The molecule has 1 aliphatic heterocycles. The van der Waals surface area contributed by atoms with E-state index in [1.54, 1.807) is 6.26 Å². The van der Waals surface area contributed by atoms with E-state index in [0.29, 0.717) is 6.54 Å². The number of carbonyl (C=O) groups is 1. The van der Waals surface area contributed by atoms with Crippen molar-refractivity contribution in [3.63, 3.8) is 0 Å². The Labute approximate surface area is 145 Å². The summed E-state index contributed by atoms with van der Waals surface area (Å²) in [4.78, 5) is 17.3. The fourth-order valence-corrected chi connectivity index (χ4v) is 3.27. The van der Waals surface area contributed by atoms with Gasteiger partial charge in [-0.25, -0.2) is 0 Å². The van der Waals surface area contributed by atoms with Gasteiger partial charge in [-0.15, -0.1) is 0 Å². The SMILES string of the molecule is CN1CCC(N(Cc2ccco2)C(=O)c2ccc(Br)cc2)CC1. The molecule has 0 atom stereocenters. The molecule has 2 heterocycles. The van der Waals surface area contributed by atoms with E-state index < -0.39 is 0 Å². The van der Waals surface area contributed by atoms with Crippen molar-refractivity contribution >= 4 is 21.8 Å². The van der Waals surface area contributed by atoms with Crippen LogP contribution in [0.15, 0.2) is 51.6 Å². The lowest BCUT2D eigenvalue weighted by atomic mass is 10.0. The zero-order chi connectivity index (χ0) is 16.2. The van der Waals surface area contributed by atoms with E-state index in [-0.39, 0.29) is 11.9 Å². The first-order valence-electron chi connectivity index (χ1n) is 7.91. The highest BCUT2D eigenvalue weighted by atomic mass is 79.9. The normalized spacial score (nSPS) is 16.4. The van der Waals surface area contributed by atoms with Crippen LogP contribution in [0.2, 0.25) is 0 Å². The molecule has 2 aromatic rings. The largest absolute Gasteiger partial charge is 0.467 e. The van der Waals surface area contributed by atoms with Crippen LogP contribution < -0.4 is 0 Å². The molecule has 1 aromatic heterocycles. The van der Waals surface area contributed by atoms with E-state index >= 15 is 0 Å². The summed E-state index contributed by atoms with van der Waals surface area (Å²) < 4.78 is 6.45. The number of hydrogen-bond donors (Lipinski definition) is 0. The van der Waals surface area contributed by atoms with Crippen LogP contribution in [-0.4, -0.2) is 41.9 Å². The standard InChI is InChI=1S/C18H21BrN2O2/c1-20-10-8-16(9-11-20)21(13-17-3-2-12-23-17)18(22)14-4-6-15(19)7-5-14/h2-7,12,16H,8-11,13H2,1H3. The van der Waals surface area contributed by atoms with Crippen molar-refractivity contribution in [3.05, 3.63) is 58.5 Å². The van der Waals surface area contributed by atoms with Crippen LogP contribution in [0.5, 0.6) is 0 Å². The number of halogens is 1. The van der Waals surface area contributed by atoms with Crippen LogP contribution in [-0.2, 0) is 6.54 Å². The molecule has 3 rings (SSSR count). The van der Waals surface area contributed by atoms with E-state index in [0.717, 1.165) is 41.7 Å². The smallest absolute Gasteiger partial charge is 0.254 e. The molecule has 0 spiro atoms. The molecule has 1 saturated heterocycles. The second-order valence-electron chi connectivity index (χ2n) is 6.05. The van der Waals surface area contributed by atoms with Crippen molar-refractivity contribution in [1.29, 1.82) is 0 Å². The average Bonchev–Trinajstić information content (AvgIpc) is 3.07. The number of nitrogens with zero attached hydrogens (tertiary/aromatic N) is 2. The summed E-state index contributed by atoms with van der Waals surface area (Å²) in [6, 6.07) is 11.6. The van der Waals surface area contributed by atoms with E-state index in [4.69, 9.17) is 4.42 Å². The zero-order valence-electron chi connectivity index (χ0n) is 13.2. The lowest BCUT2D eigenvalue weighted by Crippen LogP contribution is -2.46. The summed E-state index contributed by atoms with van der Waals surface area (Å²) in [5, 5.41) is 0. The van der Waals surface area contributed by atoms with Crippen LogP contribution >= 0.6 is 15.9 Å². The zero-order valence-corrected chi connectivity index (χ0v) is 14.8. The van der Waals surface area contributed by atoms with Gasteiger partial charge in [-0.2, -0.15) is 0 Å². The van der Waals surface area contributed by atoms with Crippen molar-refractivity contribution in [2.45, 2.75) is 25.4 Å². The Morgan fingerprint density at radius 2 is 1.96 bits per heavy atom. The quantitative estimate of drug-likeness (QED) is 0.814. The fraction of sp³-hybridized carbons (Fsp3) is 0.389. The number of rotatable bonds is 4. The summed E-state index contributed by atoms with van der Waals surface area (Å²) in [7, 11) is 2.13. The summed E-state index contributed by atoms with van der Waals surface area (Å²) in [6.45, 7) is 2.57. The maximum absolute atomic E-state index is 13.0. The van der Waals surface area contributed by atoms with Gasteiger partial charge >= 0.3 is 0 Å². The molecule has 0 saturated carbocycles. The number of benzene rings is 1. The summed E-state index contributed by atoms with van der Waals surface area (Å²) in [5.41, 5.74) is 0.721. The van der Waals surface area contributed by atoms with E-state index in [9.17, 15) is 4.79 Å². The van der Waals surface area contributed by atoms with Gasteiger partial charge in [0.15, 0.2) is 0 Å². The summed E-state index contributed by atoms with van der Waals surface area (Å²) >= 11 is 3.42. The maximum atomic E-state index is 13.0. The number of furan rings is 1. The van der Waals surface area contributed by atoms with Crippen molar-refractivity contribution in [2.24, 2.45) is 0 Å². The van der Waals surface area contributed by atoms with Crippen LogP contribution in [0.4, 0.5) is 0 Å². The van der Waals surface area contributed by atoms with Gasteiger partial charge in [0, 0.05) is 16.1 Å². The molecular weight excluding hydrogens is 356 g/mol. The van der Waals surface area contributed by atoms with Gasteiger partial charge in [-0.05, 0) is 69.4 Å². The topological polar surface area (TPSA) is 36.7 Å². The lowest BCUT2D eigenvalue weighted by Gasteiger charge is -2.37. The molecule has 1 aromatic carbocycles. The number of hydrogen-bond acceptors (Lipinski definition) is 3. The molecule has 4 nitrogen and oxygen atoms in total. The summed E-state index contributed by atoms with van der Waals surface area (Å²) in [5.74, 6) is 0.901. The van der Waals surface area contributed by atoms with Crippen LogP contribution in [0.25, 0.3) is 0 Å². The Hall–Kier alpha value is -1.59. The van der Waals surface area contributed by atoms with Gasteiger partial charge in [-0.1, -0.05) is 15.9 Å². The lowest BCUT2D eigenvalue weighted by molar-refractivity contribution is 0.0550. The molecule has 0 aliphatic carbocycles. The molecule has 1 aliphatic rings. The molecule has 0 N–H and O–H groups in total. The molecule has 1 amide bonds. The van der Waals surface area contributed by atoms with Gasteiger partial charge in [0.05, 0.1) is 12.8 Å². The van der Waals surface area contributed by atoms with Crippen molar-refractivity contribution in [3.8, 4) is 0 Å². The van der Waals surface area contributed by atoms with Crippen LogP contribution in [0.1, 0.15) is 29.0 Å². The molecular formula is C18H21BrN2O2. The number of amides is 1. The fourth-order valence-electron chi connectivity index (χ4n) is 3.00. The first-order valence-corrected chi connectivity index (χ1v) is 8.70. The Morgan fingerprint density at radius 3 is 2.57 bits per heavy atom. The van der Waals surface area contributed by atoms with Gasteiger partial charge in [0.25, 0.3) is 5.91 Å². The minimum atomic E-state index is 0.0726. The predicted octanol–water partition coefficient (Wildman–Crippen LogP) is 3.78. The third-order valence-electron chi connectivity index (χ3n) is 4.39. The highest BCUT2D eigenvalue weighted by Gasteiger charge is 2.28. The third kappa shape index (κ3) is 4.03. The molecule has 122 valence electrons. The average molecular weight is 377 g/mol. The van der Waals surface area contributed by atoms with Gasteiger partial charge in [-0.3, -0.25) is 4.79 Å². The molecule has 5 heteroatoms. The predicted molar refractivity (Wildman–Crippen MR) is 93.2 cm³/mol. The van der Waals surface area contributed by atoms with Crippen molar-refractivity contribution in [2.75, 3.05) is 20.1 Å².